The van der Waals surface area contributed by atoms with E-state index in [4.69, 9.17) is 22.9 Å². The molecule has 0 aliphatic rings. The monoisotopic (exact) mass is 687 g/mol. The Kier molecular flexibility index (Phi) is 15.1. The maximum absolute atomic E-state index is 13.5. The number of pyridine rings is 1. The van der Waals surface area contributed by atoms with Gasteiger partial charge in [-0.05, 0) is 67.5 Å². The summed E-state index contributed by atoms with van der Waals surface area (Å²) in [6, 6.07) is 11.0. The largest absolute Gasteiger partial charge is 0.416 e. The van der Waals surface area contributed by atoms with Crippen molar-refractivity contribution >= 4 is 28.5 Å². The molecule has 268 valence electrons. The molecule has 0 aliphatic heterocycles. The van der Waals surface area contributed by atoms with Crippen molar-refractivity contribution in [1.82, 2.24) is 15.6 Å². The Morgan fingerprint density at radius 1 is 0.857 bits per heavy atom. The fraction of sp³-hybridized carbons (Fsp3) is 0.486. The number of amides is 2. The summed E-state index contributed by atoms with van der Waals surface area (Å²) in [5.74, 6) is -1.22. The van der Waals surface area contributed by atoms with Crippen molar-refractivity contribution in [2.24, 2.45) is 22.9 Å². The molecule has 3 rings (SSSR count). The van der Waals surface area contributed by atoms with Crippen molar-refractivity contribution in [2.75, 3.05) is 46.3 Å². The fourth-order valence-electron chi connectivity index (χ4n) is 5.71. The second kappa shape index (κ2) is 18.7. The number of nitrogens with zero attached hydrogens (tertiary/aromatic N) is 2. The van der Waals surface area contributed by atoms with E-state index in [0.717, 1.165) is 53.6 Å². The molecule has 49 heavy (non-hydrogen) atoms. The number of likely N-dealkylation sites (N-methyl/N-ethyl adjacent to an activating group) is 1. The van der Waals surface area contributed by atoms with Crippen LogP contribution in [0.5, 0.6) is 0 Å². The highest BCUT2D eigenvalue weighted by atomic mass is 19.4. The maximum Gasteiger partial charge on any atom is 0.416 e. The molecule has 0 bridgehead atoms. The van der Waals surface area contributed by atoms with Gasteiger partial charge in [-0.25, -0.2) is 0 Å². The van der Waals surface area contributed by atoms with Crippen LogP contribution in [0.4, 0.5) is 13.2 Å². The number of benzene rings is 2. The first-order valence-electron chi connectivity index (χ1n) is 16.6. The highest BCUT2D eigenvalue weighted by Crippen LogP contribution is 2.29. The molecule has 0 radical (unpaired) electrons. The second-order valence-corrected chi connectivity index (χ2v) is 12.8. The minimum atomic E-state index is -4.50. The van der Waals surface area contributed by atoms with Gasteiger partial charge in [0.15, 0.2) is 5.78 Å². The number of aromatic nitrogens is 1. The number of para-hydroxylation sites is 1. The normalized spacial score (nSPS) is 13.9. The van der Waals surface area contributed by atoms with Gasteiger partial charge >= 0.3 is 6.18 Å². The Balaban J connectivity index is 1.55. The van der Waals surface area contributed by atoms with E-state index in [1.807, 2.05) is 30.3 Å². The summed E-state index contributed by atoms with van der Waals surface area (Å²) in [4.78, 5) is 43.5. The molecule has 3 atom stereocenters. The van der Waals surface area contributed by atoms with Crippen LogP contribution < -0.4 is 33.6 Å². The minimum Gasteiger partial charge on any atom is -0.355 e. The molecule has 10 N–H and O–H groups in total. The predicted octanol–water partition coefficient (Wildman–Crippen LogP) is 1.79. The van der Waals surface area contributed by atoms with Crippen LogP contribution in [0.2, 0.25) is 0 Å². The number of carbonyl (C=O) groups is 3. The number of Topliss-reactive ketones (excluding diaryl/α,β-unsaturated/α-hetero) is 1. The number of rotatable bonds is 20. The van der Waals surface area contributed by atoms with Crippen molar-refractivity contribution in [3.63, 3.8) is 0 Å². The quantitative estimate of drug-likeness (QED) is 0.0765. The summed E-state index contributed by atoms with van der Waals surface area (Å²) < 4.78 is 40.0. The third-order valence-electron chi connectivity index (χ3n) is 8.67. The molecular formula is C35H50F3N8O3+. The molecule has 1 aromatic heterocycles. The van der Waals surface area contributed by atoms with Crippen LogP contribution in [0.3, 0.4) is 0 Å². The van der Waals surface area contributed by atoms with Gasteiger partial charge < -0.3 is 38.1 Å². The van der Waals surface area contributed by atoms with Gasteiger partial charge in [0.1, 0.15) is 0 Å². The molecule has 0 saturated carbocycles. The molecule has 0 spiro atoms. The molecule has 3 aromatic rings. The van der Waals surface area contributed by atoms with Crippen molar-refractivity contribution < 1.29 is 32.0 Å². The second-order valence-electron chi connectivity index (χ2n) is 12.8. The summed E-state index contributed by atoms with van der Waals surface area (Å²) in [6.45, 7) is 3.73. The van der Waals surface area contributed by atoms with E-state index >= 15 is 0 Å². The van der Waals surface area contributed by atoms with Crippen LogP contribution in [-0.4, -0.2) is 91.5 Å². The van der Waals surface area contributed by atoms with Crippen LogP contribution in [-0.2, 0) is 33.4 Å². The van der Waals surface area contributed by atoms with Gasteiger partial charge in [0.05, 0.1) is 55.9 Å². The number of hydrogen-bond donors (Lipinski definition) is 6. The van der Waals surface area contributed by atoms with Gasteiger partial charge in [-0.2, -0.15) is 13.2 Å². The first kappa shape index (κ1) is 39.5. The molecule has 1 heterocycles. The lowest BCUT2D eigenvalue weighted by atomic mass is 9.96. The van der Waals surface area contributed by atoms with E-state index in [2.05, 4.69) is 22.7 Å². The standard InChI is InChI=1S/C35H49F3N8O3/c1-46(18-14-39,19-15-40)17-5-8-28(41)33(48)43-16-4-7-29(42)34(49)45-31(21-24-10-12-27(13-11-24)35(36,37)38)32(47)22-25-20-26-6-2-3-9-30(26)44-23-25/h2-3,6,9-13,20,23,28-29,31H,4-5,7-8,14-19,21-22,39-42H2,1H3,(H-,43,45,48,49)/p+1/t28-,29-,31-/m0/s1. The Morgan fingerprint density at radius 2 is 1.49 bits per heavy atom. The van der Waals surface area contributed by atoms with E-state index in [9.17, 15) is 27.6 Å². The third kappa shape index (κ3) is 12.8. The molecule has 2 amide bonds. The average molecular weight is 688 g/mol. The summed E-state index contributed by atoms with van der Waals surface area (Å²) >= 11 is 0. The van der Waals surface area contributed by atoms with E-state index in [1.54, 1.807) is 6.20 Å². The van der Waals surface area contributed by atoms with Crippen molar-refractivity contribution in [3.8, 4) is 0 Å². The topological polar surface area (TPSA) is 192 Å². The van der Waals surface area contributed by atoms with E-state index < -0.39 is 35.8 Å². The van der Waals surface area contributed by atoms with E-state index in [1.165, 1.54) is 12.1 Å². The minimum absolute atomic E-state index is 0.0269. The molecule has 0 unspecified atom stereocenters. The molecule has 0 fully saturated rings. The van der Waals surface area contributed by atoms with Crippen LogP contribution in [0.1, 0.15) is 42.4 Å². The van der Waals surface area contributed by atoms with Gasteiger partial charge in [0.25, 0.3) is 0 Å². The van der Waals surface area contributed by atoms with Gasteiger partial charge in [-0.1, -0.05) is 30.3 Å². The first-order valence-corrected chi connectivity index (χ1v) is 16.6. The van der Waals surface area contributed by atoms with Crippen molar-refractivity contribution in [3.05, 3.63) is 77.5 Å². The first-order chi connectivity index (χ1) is 23.2. The van der Waals surface area contributed by atoms with E-state index in [0.29, 0.717) is 37.1 Å². The predicted molar refractivity (Wildman–Crippen MR) is 184 cm³/mol. The van der Waals surface area contributed by atoms with Crippen molar-refractivity contribution in [2.45, 2.75) is 62.8 Å². The average Bonchev–Trinajstić information content (AvgIpc) is 3.06. The highest BCUT2D eigenvalue weighted by molar-refractivity contribution is 5.92. The van der Waals surface area contributed by atoms with Gasteiger partial charge in [-0.3, -0.25) is 19.4 Å². The van der Waals surface area contributed by atoms with Crippen LogP contribution in [0.15, 0.2) is 60.8 Å². The smallest absolute Gasteiger partial charge is 0.355 e. The number of quaternary nitrogens is 1. The number of fused-ring (bicyclic) bond motifs is 1. The Morgan fingerprint density at radius 3 is 2.14 bits per heavy atom. The van der Waals surface area contributed by atoms with Crippen LogP contribution >= 0.6 is 0 Å². The van der Waals surface area contributed by atoms with Gasteiger partial charge in [-0.15, -0.1) is 0 Å². The third-order valence-corrected chi connectivity index (χ3v) is 8.67. The lowest BCUT2D eigenvalue weighted by molar-refractivity contribution is -0.907. The number of nitrogens with two attached hydrogens (primary N) is 4. The summed E-state index contributed by atoms with van der Waals surface area (Å²) in [7, 11) is 2.08. The zero-order chi connectivity index (χ0) is 36.0. The summed E-state index contributed by atoms with van der Waals surface area (Å²) in [6.07, 6.45) is -1.16. The summed E-state index contributed by atoms with van der Waals surface area (Å²) in [5, 5.41) is 6.34. The maximum atomic E-state index is 13.5. The number of ketones is 1. The fourth-order valence-corrected chi connectivity index (χ4v) is 5.71. The number of hydrogen-bond acceptors (Lipinski definition) is 8. The van der Waals surface area contributed by atoms with Crippen LogP contribution in [0.25, 0.3) is 10.9 Å². The molecule has 2 aromatic carbocycles. The number of carbonyl (C=O) groups excluding carboxylic acids is 3. The zero-order valence-corrected chi connectivity index (χ0v) is 28.1. The van der Waals surface area contributed by atoms with Crippen LogP contribution in [0, 0.1) is 0 Å². The SMILES string of the molecule is C[N+](CCN)(CCN)CCC[C@H](N)C(=O)NCCC[C@H](N)C(=O)N[C@@H](Cc1ccc(C(F)(F)F)cc1)C(=O)Cc1cnc2ccccc2c1. The molecule has 0 aliphatic carbocycles. The zero-order valence-electron chi connectivity index (χ0n) is 28.1. The lowest BCUT2D eigenvalue weighted by Crippen LogP contribution is -2.51. The molecular weight excluding hydrogens is 637 g/mol. The number of halogens is 3. The van der Waals surface area contributed by atoms with Crippen molar-refractivity contribution in [1.29, 1.82) is 0 Å². The Bertz CT molecular complexity index is 1510. The van der Waals surface area contributed by atoms with E-state index in [-0.39, 0.29) is 37.5 Å². The Hall–Kier alpha value is -3.95. The molecule has 0 saturated heterocycles. The van der Waals surface area contributed by atoms with Gasteiger partial charge in [0.2, 0.25) is 11.8 Å². The lowest BCUT2D eigenvalue weighted by Gasteiger charge is -2.34. The highest BCUT2D eigenvalue weighted by Gasteiger charge is 2.30. The Labute approximate surface area is 285 Å². The summed E-state index contributed by atoms with van der Waals surface area (Å²) in [5.41, 5.74) is 24.7. The number of alkyl halides is 3. The molecule has 11 nitrogen and oxygen atoms in total. The molecule has 14 heteroatoms. The van der Waals surface area contributed by atoms with Gasteiger partial charge in [0, 0.05) is 37.6 Å². The number of nitrogens with one attached hydrogen (secondary N) is 2.